The Bertz CT molecular complexity index is 604. The number of halogens is 1. The van der Waals surface area contributed by atoms with Crippen LogP contribution in [0.3, 0.4) is 0 Å². The van der Waals surface area contributed by atoms with E-state index in [1.807, 2.05) is 12.3 Å². The van der Waals surface area contributed by atoms with Gasteiger partial charge in [0.05, 0.1) is 5.69 Å². The fraction of sp³-hybridized carbons (Fsp3) is 0.333. The zero-order chi connectivity index (χ0) is 13.9. The van der Waals surface area contributed by atoms with Crippen LogP contribution >= 0.6 is 23.4 Å². The number of hydrogen-bond acceptors (Lipinski definition) is 4. The predicted octanol–water partition coefficient (Wildman–Crippen LogP) is 3.41. The molecule has 0 saturated heterocycles. The van der Waals surface area contributed by atoms with E-state index in [4.69, 9.17) is 11.6 Å². The molecule has 0 saturated carbocycles. The first-order valence-corrected chi connectivity index (χ1v) is 8.22. The lowest BCUT2D eigenvalue weighted by molar-refractivity contribution is 0.240. The fourth-order valence-corrected chi connectivity index (χ4v) is 3.20. The van der Waals surface area contributed by atoms with Crippen molar-refractivity contribution in [2.45, 2.75) is 24.7 Å². The fourth-order valence-electron chi connectivity index (χ4n) is 2.49. The lowest BCUT2D eigenvalue weighted by Gasteiger charge is -2.28. The zero-order valence-electron chi connectivity index (χ0n) is 11.3. The number of fused-ring (bicyclic) bond motifs is 1. The molecule has 0 unspecified atom stereocenters. The van der Waals surface area contributed by atoms with E-state index < -0.39 is 0 Å². The topological polar surface area (TPSA) is 29.0 Å². The molecule has 3 nitrogen and oxygen atoms in total. The minimum Gasteiger partial charge on any atom is -0.293 e. The average molecular weight is 306 g/mol. The summed E-state index contributed by atoms with van der Waals surface area (Å²) in [6, 6.07) is 10.5. The molecule has 0 spiro atoms. The van der Waals surface area contributed by atoms with Crippen molar-refractivity contribution in [2.75, 3.05) is 12.8 Å². The van der Waals surface area contributed by atoms with E-state index in [0.29, 0.717) is 5.15 Å². The Kier molecular flexibility index (Phi) is 4.24. The molecule has 0 radical (unpaired) electrons. The summed E-state index contributed by atoms with van der Waals surface area (Å²) in [7, 11) is 0. The minimum absolute atomic E-state index is 0.624. The molecule has 5 heteroatoms. The van der Waals surface area contributed by atoms with Gasteiger partial charge in [-0.15, -0.1) is 0 Å². The van der Waals surface area contributed by atoms with Crippen molar-refractivity contribution in [3.63, 3.8) is 0 Å². The molecule has 1 aliphatic rings. The van der Waals surface area contributed by atoms with Gasteiger partial charge in [0, 0.05) is 25.2 Å². The molecule has 2 heterocycles. The summed E-state index contributed by atoms with van der Waals surface area (Å²) in [6.45, 7) is 2.81. The molecule has 20 heavy (non-hydrogen) atoms. The maximum absolute atomic E-state index is 6.25. The van der Waals surface area contributed by atoms with E-state index in [1.54, 1.807) is 0 Å². The summed E-state index contributed by atoms with van der Waals surface area (Å²) >= 11 is 7.79. The Morgan fingerprint density at radius 3 is 2.80 bits per heavy atom. The van der Waals surface area contributed by atoms with Crippen LogP contribution in [0.15, 0.2) is 35.5 Å². The van der Waals surface area contributed by atoms with Crippen LogP contribution in [0.4, 0.5) is 0 Å². The van der Waals surface area contributed by atoms with E-state index in [1.165, 1.54) is 17.3 Å². The van der Waals surface area contributed by atoms with Crippen LogP contribution in [-0.2, 0) is 19.5 Å². The molecule has 3 rings (SSSR count). The van der Waals surface area contributed by atoms with Crippen molar-refractivity contribution in [1.82, 2.24) is 14.9 Å². The second-order valence-corrected chi connectivity index (χ2v) is 6.00. The van der Waals surface area contributed by atoms with Crippen molar-refractivity contribution in [3.8, 4) is 0 Å². The average Bonchev–Trinajstić information content (AvgIpc) is 2.48. The first-order valence-electron chi connectivity index (χ1n) is 6.62. The summed E-state index contributed by atoms with van der Waals surface area (Å²) in [4.78, 5) is 11.3. The third-order valence-corrected chi connectivity index (χ3v) is 4.37. The molecule has 0 atom stereocenters. The highest BCUT2D eigenvalue weighted by molar-refractivity contribution is 7.98. The van der Waals surface area contributed by atoms with E-state index in [-0.39, 0.29) is 0 Å². The SMILES string of the molecule is CSc1nc(Cl)c2c(n1)CN(Cc1ccccc1)CC2. The number of aromatic nitrogens is 2. The maximum atomic E-state index is 6.25. The van der Waals surface area contributed by atoms with Crippen molar-refractivity contribution in [1.29, 1.82) is 0 Å². The van der Waals surface area contributed by atoms with E-state index in [9.17, 15) is 0 Å². The molecule has 0 fully saturated rings. The Hall–Kier alpha value is -1.10. The zero-order valence-corrected chi connectivity index (χ0v) is 12.9. The molecular weight excluding hydrogens is 290 g/mol. The highest BCUT2D eigenvalue weighted by Crippen LogP contribution is 2.26. The Balaban J connectivity index is 1.79. The van der Waals surface area contributed by atoms with Gasteiger partial charge in [0.2, 0.25) is 0 Å². The van der Waals surface area contributed by atoms with Crippen LogP contribution in [0.2, 0.25) is 5.15 Å². The van der Waals surface area contributed by atoms with Gasteiger partial charge in [-0.05, 0) is 18.2 Å². The number of benzene rings is 1. The standard InChI is InChI=1S/C15H16ClN3S/c1-20-15-17-13-10-19(8-7-12(13)14(16)18-15)9-11-5-3-2-4-6-11/h2-6H,7-10H2,1H3. The van der Waals surface area contributed by atoms with Gasteiger partial charge in [-0.2, -0.15) is 0 Å². The van der Waals surface area contributed by atoms with Crippen LogP contribution in [0.1, 0.15) is 16.8 Å². The molecule has 1 aromatic heterocycles. The van der Waals surface area contributed by atoms with E-state index in [0.717, 1.165) is 42.5 Å². The van der Waals surface area contributed by atoms with Crippen molar-refractivity contribution in [2.24, 2.45) is 0 Å². The van der Waals surface area contributed by atoms with Crippen LogP contribution in [0.25, 0.3) is 0 Å². The van der Waals surface area contributed by atoms with Gasteiger partial charge in [0.25, 0.3) is 0 Å². The van der Waals surface area contributed by atoms with Crippen molar-refractivity contribution >= 4 is 23.4 Å². The van der Waals surface area contributed by atoms with E-state index in [2.05, 4.69) is 39.1 Å². The third kappa shape index (κ3) is 2.97. The second kappa shape index (κ2) is 6.12. The van der Waals surface area contributed by atoms with Gasteiger partial charge in [-0.3, -0.25) is 4.90 Å². The quantitative estimate of drug-likeness (QED) is 0.494. The van der Waals surface area contributed by atoms with Gasteiger partial charge in [0.1, 0.15) is 5.15 Å². The summed E-state index contributed by atoms with van der Waals surface area (Å²) < 4.78 is 0. The predicted molar refractivity (Wildman–Crippen MR) is 83.1 cm³/mol. The Labute approximate surface area is 128 Å². The Morgan fingerprint density at radius 2 is 2.05 bits per heavy atom. The lowest BCUT2D eigenvalue weighted by atomic mass is 10.1. The monoisotopic (exact) mass is 305 g/mol. The van der Waals surface area contributed by atoms with Crippen LogP contribution in [0.5, 0.6) is 0 Å². The summed E-state index contributed by atoms with van der Waals surface area (Å²) in [5.74, 6) is 0. The smallest absolute Gasteiger partial charge is 0.188 e. The summed E-state index contributed by atoms with van der Waals surface area (Å²) in [6.07, 6.45) is 2.90. The van der Waals surface area contributed by atoms with Gasteiger partial charge < -0.3 is 0 Å². The van der Waals surface area contributed by atoms with Crippen LogP contribution in [-0.4, -0.2) is 27.7 Å². The Morgan fingerprint density at radius 1 is 1.25 bits per heavy atom. The molecule has 1 aromatic carbocycles. The normalized spacial score (nSPS) is 15.1. The molecule has 1 aliphatic heterocycles. The molecule has 104 valence electrons. The van der Waals surface area contributed by atoms with Gasteiger partial charge in [0.15, 0.2) is 5.16 Å². The first-order chi connectivity index (χ1) is 9.76. The second-order valence-electron chi connectivity index (χ2n) is 4.87. The first kappa shape index (κ1) is 13.9. The van der Waals surface area contributed by atoms with Gasteiger partial charge in [-0.1, -0.05) is 53.7 Å². The van der Waals surface area contributed by atoms with Crippen LogP contribution < -0.4 is 0 Å². The molecular formula is C15H16ClN3S. The maximum Gasteiger partial charge on any atom is 0.188 e. The van der Waals surface area contributed by atoms with Crippen molar-refractivity contribution < 1.29 is 0 Å². The van der Waals surface area contributed by atoms with Crippen LogP contribution in [0, 0.1) is 0 Å². The highest BCUT2D eigenvalue weighted by Gasteiger charge is 2.21. The summed E-state index contributed by atoms with van der Waals surface area (Å²) in [5, 5.41) is 1.38. The largest absolute Gasteiger partial charge is 0.293 e. The lowest BCUT2D eigenvalue weighted by Crippen LogP contribution is -2.31. The minimum atomic E-state index is 0.624. The third-order valence-electron chi connectivity index (χ3n) is 3.50. The van der Waals surface area contributed by atoms with Crippen molar-refractivity contribution in [3.05, 3.63) is 52.3 Å². The molecule has 2 aromatic rings. The number of nitrogens with zero attached hydrogens (tertiary/aromatic N) is 3. The number of rotatable bonds is 3. The number of thioether (sulfide) groups is 1. The summed E-state index contributed by atoms with van der Waals surface area (Å²) in [5.41, 5.74) is 3.53. The highest BCUT2D eigenvalue weighted by atomic mass is 35.5. The molecule has 0 amide bonds. The van der Waals surface area contributed by atoms with E-state index >= 15 is 0 Å². The molecule has 0 N–H and O–H groups in total. The number of hydrogen-bond donors (Lipinski definition) is 0. The molecule has 0 bridgehead atoms. The van der Waals surface area contributed by atoms with Gasteiger partial charge in [-0.25, -0.2) is 9.97 Å². The van der Waals surface area contributed by atoms with Gasteiger partial charge >= 0.3 is 0 Å². The molecule has 0 aliphatic carbocycles.